The van der Waals surface area contributed by atoms with Crippen LogP contribution in [0, 0.1) is 6.92 Å². The zero-order valence-electron chi connectivity index (χ0n) is 14.4. The van der Waals surface area contributed by atoms with Gasteiger partial charge < -0.3 is 10.0 Å². The van der Waals surface area contributed by atoms with Gasteiger partial charge in [0.15, 0.2) is 5.69 Å². The van der Waals surface area contributed by atoms with Crippen molar-refractivity contribution in [2.24, 2.45) is 0 Å². The van der Waals surface area contributed by atoms with Crippen LogP contribution >= 0.6 is 0 Å². The molecule has 0 fully saturated rings. The van der Waals surface area contributed by atoms with E-state index in [4.69, 9.17) is 0 Å². The van der Waals surface area contributed by atoms with E-state index in [9.17, 15) is 9.90 Å². The molecule has 0 spiro atoms. The van der Waals surface area contributed by atoms with Crippen molar-refractivity contribution in [1.82, 2.24) is 24.9 Å². The van der Waals surface area contributed by atoms with E-state index in [1.807, 2.05) is 44.2 Å². The van der Waals surface area contributed by atoms with Crippen LogP contribution in [0.15, 0.2) is 36.5 Å². The monoisotopic (exact) mass is 339 g/mol. The highest BCUT2D eigenvalue weighted by molar-refractivity contribution is 5.94. The first kappa shape index (κ1) is 17.0. The maximum absolute atomic E-state index is 12.7. The van der Waals surface area contributed by atoms with E-state index in [1.165, 1.54) is 0 Å². The molecule has 1 amide bonds. The van der Waals surface area contributed by atoms with Gasteiger partial charge in [-0.05, 0) is 37.6 Å². The maximum atomic E-state index is 12.7. The van der Waals surface area contributed by atoms with Crippen LogP contribution in [0.25, 0.3) is 16.6 Å². The van der Waals surface area contributed by atoms with Crippen LogP contribution in [0.5, 0.6) is 0 Å². The van der Waals surface area contributed by atoms with Crippen LogP contribution in [0.1, 0.15) is 29.5 Å². The van der Waals surface area contributed by atoms with Gasteiger partial charge >= 0.3 is 0 Å². The molecule has 1 N–H and O–H groups in total. The Balaban J connectivity index is 2.02. The van der Waals surface area contributed by atoms with Gasteiger partial charge in [-0.3, -0.25) is 9.78 Å². The Hall–Kier alpha value is -2.80. The highest BCUT2D eigenvalue weighted by Crippen LogP contribution is 2.22. The lowest BCUT2D eigenvalue weighted by molar-refractivity contribution is 0.0715. The number of aromatic nitrogens is 4. The van der Waals surface area contributed by atoms with Crippen LogP contribution < -0.4 is 0 Å². The summed E-state index contributed by atoms with van der Waals surface area (Å²) in [5.41, 5.74) is 2.66. The number of nitrogens with zero attached hydrogens (tertiary/aromatic N) is 5. The van der Waals surface area contributed by atoms with E-state index in [0.717, 1.165) is 23.0 Å². The van der Waals surface area contributed by atoms with Gasteiger partial charge in [0.25, 0.3) is 5.91 Å². The minimum absolute atomic E-state index is 0.0755. The van der Waals surface area contributed by atoms with Gasteiger partial charge in [-0.25, -0.2) is 4.68 Å². The molecule has 0 saturated heterocycles. The largest absolute Gasteiger partial charge is 0.395 e. The van der Waals surface area contributed by atoms with Crippen molar-refractivity contribution < 1.29 is 9.90 Å². The molecule has 130 valence electrons. The fraction of sp³-hybridized carbons (Fsp3) is 0.333. The third-order valence-electron chi connectivity index (χ3n) is 4.10. The molecule has 3 aromatic rings. The number of rotatable bonds is 6. The molecule has 0 unspecified atom stereocenters. The Kier molecular flexibility index (Phi) is 5.04. The average Bonchev–Trinajstić information content (AvgIpc) is 3.01. The third kappa shape index (κ3) is 3.23. The summed E-state index contributed by atoms with van der Waals surface area (Å²) in [5, 5.41) is 18.4. The molecule has 0 bridgehead atoms. The highest BCUT2D eigenvalue weighted by atomic mass is 16.3. The number of benzene rings is 1. The van der Waals surface area contributed by atoms with E-state index in [-0.39, 0.29) is 19.1 Å². The number of amides is 1. The normalized spacial score (nSPS) is 11.0. The third-order valence-corrected chi connectivity index (χ3v) is 4.10. The molecule has 0 aliphatic rings. The molecule has 2 heterocycles. The van der Waals surface area contributed by atoms with Crippen molar-refractivity contribution in [3.05, 3.63) is 47.9 Å². The number of aliphatic hydroxyl groups is 1. The molecule has 3 rings (SSSR count). The number of aliphatic hydroxyl groups excluding tert-OH is 1. The summed E-state index contributed by atoms with van der Waals surface area (Å²) in [6.45, 7) is 4.60. The van der Waals surface area contributed by atoms with Crippen molar-refractivity contribution >= 4 is 16.8 Å². The predicted octanol–water partition coefficient (Wildman–Crippen LogP) is 1.97. The van der Waals surface area contributed by atoms with Crippen LogP contribution in [0.4, 0.5) is 0 Å². The van der Waals surface area contributed by atoms with E-state index in [1.54, 1.807) is 15.8 Å². The molecular formula is C18H21N5O2. The van der Waals surface area contributed by atoms with Crippen molar-refractivity contribution in [1.29, 1.82) is 0 Å². The van der Waals surface area contributed by atoms with Crippen molar-refractivity contribution in [3.63, 3.8) is 0 Å². The predicted molar refractivity (Wildman–Crippen MR) is 94.7 cm³/mol. The molecule has 2 aromatic heterocycles. The summed E-state index contributed by atoms with van der Waals surface area (Å²) in [6, 6.07) is 9.60. The van der Waals surface area contributed by atoms with Gasteiger partial charge in [0, 0.05) is 24.7 Å². The Bertz CT molecular complexity index is 879. The second-order valence-corrected chi connectivity index (χ2v) is 5.80. The standard InChI is InChI=1S/C18H21N5O2/c1-3-10-22(11-12-24)18(25)17-13(2)23(21-20-17)16-8-4-7-15-14(16)6-5-9-19-15/h4-9,24H,3,10-12H2,1-2H3. The molecule has 0 aliphatic carbocycles. The molecule has 7 heteroatoms. The van der Waals surface area contributed by atoms with Gasteiger partial charge in [0.1, 0.15) is 0 Å². The summed E-state index contributed by atoms with van der Waals surface area (Å²) < 4.78 is 1.67. The number of carbonyl (C=O) groups excluding carboxylic acids is 1. The minimum atomic E-state index is -0.210. The number of fused-ring (bicyclic) bond motifs is 1. The lowest BCUT2D eigenvalue weighted by Crippen LogP contribution is -2.34. The fourth-order valence-electron chi connectivity index (χ4n) is 2.88. The lowest BCUT2D eigenvalue weighted by atomic mass is 10.1. The van der Waals surface area contributed by atoms with Gasteiger partial charge in [-0.1, -0.05) is 18.2 Å². The number of hydrogen-bond acceptors (Lipinski definition) is 5. The average molecular weight is 339 g/mol. The quantitative estimate of drug-likeness (QED) is 0.742. The number of hydrogen-bond donors (Lipinski definition) is 1. The highest BCUT2D eigenvalue weighted by Gasteiger charge is 2.22. The molecule has 0 radical (unpaired) electrons. The van der Waals surface area contributed by atoms with Crippen molar-refractivity contribution in [2.45, 2.75) is 20.3 Å². The molecule has 0 atom stereocenters. The first-order valence-electron chi connectivity index (χ1n) is 8.34. The molecular weight excluding hydrogens is 318 g/mol. The van der Waals surface area contributed by atoms with Gasteiger partial charge in [-0.2, -0.15) is 0 Å². The molecule has 0 saturated carbocycles. The van der Waals surface area contributed by atoms with Crippen LogP contribution in [-0.4, -0.2) is 55.6 Å². The Morgan fingerprint density at radius 1 is 1.24 bits per heavy atom. The minimum Gasteiger partial charge on any atom is -0.395 e. The van der Waals surface area contributed by atoms with Crippen LogP contribution in [-0.2, 0) is 0 Å². The topological polar surface area (TPSA) is 84.1 Å². The zero-order valence-corrected chi connectivity index (χ0v) is 14.4. The second-order valence-electron chi connectivity index (χ2n) is 5.80. The molecule has 7 nitrogen and oxygen atoms in total. The Labute approximate surface area is 145 Å². The van der Waals surface area contributed by atoms with E-state index in [0.29, 0.717) is 17.9 Å². The Morgan fingerprint density at radius 3 is 2.84 bits per heavy atom. The molecule has 0 aliphatic heterocycles. The fourth-order valence-corrected chi connectivity index (χ4v) is 2.88. The van der Waals surface area contributed by atoms with E-state index < -0.39 is 0 Å². The van der Waals surface area contributed by atoms with Gasteiger partial charge in [-0.15, -0.1) is 5.10 Å². The van der Waals surface area contributed by atoms with E-state index in [2.05, 4.69) is 15.3 Å². The number of carbonyl (C=O) groups is 1. The SMILES string of the molecule is CCCN(CCO)C(=O)c1nnn(-c2cccc3ncccc23)c1C. The maximum Gasteiger partial charge on any atom is 0.276 e. The molecule has 1 aromatic carbocycles. The summed E-state index contributed by atoms with van der Waals surface area (Å²) in [6.07, 6.45) is 2.56. The molecule has 25 heavy (non-hydrogen) atoms. The van der Waals surface area contributed by atoms with E-state index >= 15 is 0 Å². The van der Waals surface area contributed by atoms with Gasteiger partial charge in [0.05, 0.1) is 23.5 Å². The first-order valence-corrected chi connectivity index (χ1v) is 8.34. The summed E-state index contributed by atoms with van der Waals surface area (Å²) in [5.74, 6) is -0.210. The summed E-state index contributed by atoms with van der Waals surface area (Å²) >= 11 is 0. The van der Waals surface area contributed by atoms with Crippen LogP contribution in [0.2, 0.25) is 0 Å². The summed E-state index contributed by atoms with van der Waals surface area (Å²) in [4.78, 5) is 18.7. The lowest BCUT2D eigenvalue weighted by Gasteiger charge is -2.20. The Morgan fingerprint density at radius 2 is 2.08 bits per heavy atom. The first-order chi connectivity index (χ1) is 12.2. The van der Waals surface area contributed by atoms with Crippen LogP contribution in [0.3, 0.4) is 0 Å². The second kappa shape index (κ2) is 7.40. The van der Waals surface area contributed by atoms with Crippen molar-refractivity contribution in [3.8, 4) is 5.69 Å². The zero-order chi connectivity index (χ0) is 17.8. The smallest absolute Gasteiger partial charge is 0.276 e. The van der Waals surface area contributed by atoms with Gasteiger partial charge in [0.2, 0.25) is 0 Å². The van der Waals surface area contributed by atoms with Crippen molar-refractivity contribution in [2.75, 3.05) is 19.7 Å². The number of pyridine rings is 1. The summed E-state index contributed by atoms with van der Waals surface area (Å²) in [7, 11) is 0.